The molecule has 50 heavy (non-hydrogen) atoms. The molecule has 0 saturated carbocycles. The van der Waals surface area contributed by atoms with Crippen LogP contribution in [0.15, 0.2) is 194 Å². The first-order valence-electron chi connectivity index (χ1n) is 22.3. The van der Waals surface area contributed by atoms with Crippen molar-refractivity contribution in [3.8, 4) is 28.7 Å². The van der Waals surface area contributed by atoms with Crippen LogP contribution in [0.2, 0.25) is 0 Å². The Labute approximate surface area is 310 Å². The van der Waals surface area contributed by atoms with Crippen molar-refractivity contribution in [3.05, 3.63) is 194 Å². The highest BCUT2D eigenvalue weighted by Gasteiger charge is 2.41. The van der Waals surface area contributed by atoms with Crippen molar-refractivity contribution in [2.45, 2.75) is 0 Å². The summed E-state index contributed by atoms with van der Waals surface area (Å²) in [4.78, 5) is 14.3. The van der Waals surface area contributed by atoms with E-state index >= 15 is 0 Å². The van der Waals surface area contributed by atoms with Gasteiger partial charge in [0.1, 0.15) is 0 Å². The van der Waals surface area contributed by atoms with Crippen molar-refractivity contribution in [1.82, 2.24) is 19.5 Å². The largest absolute Gasteiger partial charge is 0.278 e. The summed E-state index contributed by atoms with van der Waals surface area (Å²) in [6.07, 6.45) is 0. The Morgan fingerprint density at radius 1 is 0.420 bits per heavy atom. The molecule has 9 rings (SSSR count). The predicted octanol–water partition coefficient (Wildman–Crippen LogP) is 7.68. The second-order valence-corrected chi connectivity index (χ2v) is 15.3. The molecule has 2 aromatic heterocycles. The lowest BCUT2D eigenvalue weighted by molar-refractivity contribution is 0.953. The van der Waals surface area contributed by atoms with Gasteiger partial charge in [0, 0.05) is 21.9 Å². The third-order valence-electron chi connectivity index (χ3n) is 8.75. The molecule has 0 bridgehead atoms. The van der Waals surface area contributed by atoms with Crippen LogP contribution in [-0.2, 0) is 0 Å². The highest BCUT2D eigenvalue weighted by molar-refractivity contribution is 7.19. The fourth-order valence-corrected chi connectivity index (χ4v) is 11.4. The molecule has 0 amide bonds. The molecule has 0 saturated heterocycles. The monoisotopic (exact) mass is 669 g/mol. The van der Waals surface area contributed by atoms with Crippen molar-refractivity contribution in [2.24, 2.45) is 0 Å². The van der Waals surface area contributed by atoms with Gasteiger partial charge in [0.15, 0.2) is 19.7 Å². The molecule has 7 aromatic carbocycles. The molecule has 0 radical (unpaired) electrons. The predicted molar refractivity (Wildman–Crippen MR) is 209 cm³/mol. The average Bonchev–Trinajstić information content (AvgIpc) is 3.68. The SMILES string of the molecule is [2H]c1c([2H])c([2H])c(-c2nc(-c3cccc([Si](c4ccccc4)(c4ccccc4)c4ccccc4)c3)nc(-n3c4c([2H])c([2H])c([2H])c([2H])c4c4c([2H])c([2H])c([2H])c([2H])c43)n2)c([2H])c1[2H]. The van der Waals surface area contributed by atoms with Crippen molar-refractivity contribution >= 4 is 50.6 Å². The average molecular weight is 670 g/mol. The number of benzene rings is 7. The van der Waals surface area contributed by atoms with Crippen LogP contribution >= 0.6 is 0 Å². The number of nitrogens with zero attached hydrogens (tertiary/aromatic N) is 4. The minimum atomic E-state index is -3.15. The van der Waals surface area contributed by atoms with Gasteiger partial charge in [0.2, 0.25) is 5.95 Å². The van der Waals surface area contributed by atoms with Gasteiger partial charge in [-0.25, -0.2) is 4.98 Å². The summed E-state index contributed by atoms with van der Waals surface area (Å²) in [7, 11) is -3.15. The van der Waals surface area contributed by atoms with Crippen LogP contribution in [0.25, 0.3) is 50.5 Å². The number of fused-ring (bicyclic) bond motifs is 3. The molecule has 0 atom stereocenters. The molecule has 4 nitrogen and oxygen atoms in total. The Morgan fingerprint density at radius 3 is 1.42 bits per heavy atom. The molecule has 0 aliphatic rings. The fraction of sp³-hybridized carbons (Fsp3) is 0. The standard InChI is InChI=1S/C45H32N4Si/c1-5-18-33(19-6-1)43-46-44(48-45(47-43)49-41-30-15-13-28-39(41)40-29-14-16-31-42(40)49)34-20-17-27-38(32-34)50(35-21-7-2-8-22-35,36-23-9-3-10-24-36)37-25-11-4-12-26-37/h1-32H/i1D,5D,6D,13D,14D,15D,16D,18D,19D,28D,29D,30D,31D. The first-order chi connectivity index (χ1) is 30.2. The third kappa shape index (κ3) is 4.95. The lowest BCUT2D eigenvalue weighted by Gasteiger charge is -2.34. The van der Waals surface area contributed by atoms with Gasteiger partial charge in [-0.15, -0.1) is 0 Å². The lowest BCUT2D eigenvalue weighted by Crippen LogP contribution is -2.74. The van der Waals surface area contributed by atoms with Crippen molar-refractivity contribution in [1.29, 1.82) is 0 Å². The van der Waals surface area contributed by atoms with E-state index in [9.17, 15) is 0 Å². The van der Waals surface area contributed by atoms with Crippen molar-refractivity contribution < 1.29 is 17.8 Å². The lowest BCUT2D eigenvalue weighted by atomic mass is 10.2. The molecule has 5 heteroatoms. The van der Waals surface area contributed by atoms with E-state index in [4.69, 9.17) is 27.8 Å². The Hall–Kier alpha value is -6.43. The molecule has 2 heterocycles. The van der Waals surface area contributed by atoms with E-state index in [1.807, 2.05) is 72.8 Å². The first-order valence-corrected chi connectivity index (χ1v) is 17.8. The molecule has 0 N–H and O–H groups in total. The van der Waals surface area contributed by atoms with Crippen LogP contribution in [-0.4, -0.2) is 27.6 Å². The number of hydrogen-bond donors (Lipinski definition) is 0. The van der Waals surface area contributed by atoms with Crippen LogP contribution in [0.4, 0.5) is 0 Å². The van der Waals surface area contributed by atoms with Gasteiger partial charge in [0.25, 0.3) is 0 Å². The maximum atomic E-state index is 9.10. The van der Waals surface area contributed by atoms with E-state index in [0.717, 1.165) is 25.3 Å². The molecular formula is C45H32N4Si. The smallest absolute Gasteiger partial charge is 0.238 e. The highest BCUT2D eigenvalue weighted by atomic mass is 28.3. The summed E-state index contributed by atoms with van der Waals surface area (Å²) in [5.74, 6) is -0.829. The molecule has 9 aromatic rings. The number of aromatic nitrogens is 4. The van der Waals surface area contributed by atoms with Gasteiger partial charge in [-0.1, -0.05) is 182 Å². The van der Waals surface area contributed by atoms with Crippen LogP contribution in [0.3, 0.4) is 0 Å². The molecule has 0 unspecified atom stereocenters. The maximum Gasteiger partial charge on any atom is 0.238 e. The van der Waals surface area contributed by atoms with Gasteiger partial charge in [-0.2, -0.15) is 9.97 Å². The van der Waals surface area contributed by atoms with E-state index in [2.05, 4.69) is 41.4 Å². The van der Waals surface area contributed by atoms with E-state index in [1.54, 1.807) is 6.07 Å². The molecule has 0 spiro atoms. The van der Waals surface area contributed by atoms with Gasteiger partial charge < -0.3 is 0 Å². The van der Waals surface area contributed by atoms with Crippen LogP contribution in [0.1, 0.15) is 17.8 Å². The summed E-state index contributed by atoms with van der Waals surface area (Å²) in [5, 5.41) is 3.72. The van der Waals surface area contributed by atoms with Gasteiger partial charge >= 0.3 is 0 Å². The number of para-hydroxylation sites is 2. The molecule has 0 aliphatic heterocycles. The first kappa shape index (κ1) is 18.9. The molecular weight excluding hydrogens is 625 g/mol. The Morgan fingerprint density at radius 2 is 0.880 bits per heavy atom. The third-order valence-corrected chi connectivity index (χ3v) is 13.5. The Bertz CT molecular complexity index is 3130. The zero-order valence-electron chi connectivity index (χ0n) is 39.3. The second-order valence-electron chi connectivity index (χ2n) is 11.5. The normalized spacial score (nSPS) is 15.2. The quantitative estimate of drug-likeness (QED) is 0.129. The Balaban J connectivity index is 1.43. The topological polar surface area (TPSA) is 43.6 Å². The minimum Gasteiger partial charge on any atom is -0.278 e. The summed E-state index contributed by atoms with van der Waals surface area (Å²) in [6.45, 7) is 0. The summed E-state index contributed by atoms with van der Waals surface area (Å²) in [5.41, 5.74) is -0.489. The van der Waals surface area contributed by atoms with Crippen molar-refractivity contribution in [3.63, 3.8) is 0 Å². The zero-order chi connectivity index (χ0) is 44.6. The van der Waals surface area contributed by atoms with Crippen LogP contribution in [0, 0.1) is 0 Å². The van der Waals surface area contributed by atoms with E-state index in [0.29, 0.717) is 5.56 Å². The number of rotatable bonds is 7. The summed E-state index contributed by atoms with van der Waals surface area (Å²) >= 11 is 0. The molecule has 236 valence electrons. The Kier molecular flexibility index (Phi) is 4.75. The van der Waals surface area contributed by atoms with Gasteiger partial charge in [-0.3, -0.25) is 4.57 Å². The highest BCUT2D eigenvalue weighted by Crippen LogP contribution is 2.32. The van der Waals surface area contributed by atoms with Crippen molar-refractivity contribution in [2.75, 3.05) is 0 Å². The minimum absolute atomic E-state index is 0.0579. The van der Waals surface area contributed by atoms with Crippen LogP contribution < -0.4 is 20.7 Å². The molecule has 0 fully saturated rings. The molecule has 0 aliphatic carbocycles. The van der Waals surface area contributed by atoms with Gasteiger partial charge in [0.05, 0.1) is 28.9 Å². The number of hydrogen-bond acceptors (Lipinski definition) is 3. The van der Waals surface area contributed by atoms with E-state index < -0.39 is 86.6 Å². The van der Waals surface area contributed by atoms with E-state index in [-0.39, 0.29) is 45.0 Å². The van der Waals surface area contributed by atoms with Crippen LogP contribution in [0.5, 0.6) is 0 Å². The second kappa shape index (κ2) is 12.5. The summed E-state index contributed by atoms with van der Waals surface area (Å²) < 4.78 is 115. The maximum absolute atomic E-state index is 9.10. The van der Waals surface area contributed by atoms with E-state index in [1.165, 1.54) is 0 Å². The zero-order valence-corrected chi connectivity index (χ0v) is 27.3. The van der Waals surface area contributed by atoms with Gasteiger partial charge in [-0.05, 0) is 32.8 Å². The summed E-state index contributed by atoms with van der Waals surface area (Å²) in [6, 6.07) is 30.0. The fourth-order valence-electron chi connectivity index (χ4n) is 6.64.